The molecule has 0 bridgehead atoms. The van der Waals surface area contributed by atoms with Crippen LogP contribution in [-0.4, -0.2) is 47.9 Å². The number of carboxylic acid groups (broad SMARTS) is 1. The van der Waals surface area contributed by atoms with Crippen molar-refractivity contribution < 1.29 is 9.90 Å². The summed E-state index contributed by atoms with van der Waals surface area (Å²) in [5.41, 5.74) is 0.173. The van der Waals surface area contributed by atoms with Crippen LogP contribution in [0.25, 0.3) is 0 Å². The van der Waals surface area contributed by atoms with Gasteiger partial charge in [0.15, 0.2) is 0 Å². The van der Waals surface area contributed by atoms with Crippen LogP contribution in [0.15, 0.2) is 0 Å². The van der Waals surface area contributed by atoms with Crippen molar-refractivity contribution in [3.05, 3.63) is 0 Å². The summed E-state index contributed by atoms with van der Waals surface area (Å²) in [6, 6.07) is 0. The van der Waals surface area contributed by atoms with E-state index in [0.29, 0.717) is 13.1 Å². The second-order valence-corrected chi connectivity index (χ2v) is 3.83. The smallest absolute Gasteiger partial charge is 0.407 e. The lowest BCUT2D eigenvalue weighted by Crippen LogP contribution is -2.53. The Balaban J connectivity index is 1.91. The van der Waals surface area contributed by atoms with Crippen LogP contribution in [0.1, 0.15) is 12.8 Å². The monoisotopic (exact) mass is 185 g/mol. The number of hydrogen-bond acceptors (Lipinski definition) is 3. The van der Waals surface area contributed by atoms with Crippen molar-refractivity contribution in [2.45, 2.75) is 18.4 Å². The van der Waals surface area contributed by atoms with Crippen LogP contribution in [0.4, 0.5) is 4.79 Å². The Morgan fingerprint density at radius 2 is 2.08 bits per heavy atom. The molecule has 2 aliphatic heterocycles. The maximum Gasteiger partial charge on any atom is 0.407 e. The minimum atomic E-state index is -0.791. The molecule has 0 unspecified atom stereocenters. The molecular weight excluding hydrogens is 170 g/mol. The van der Waals surface area contributed by atoms with Gasteiger partial charge in [-0.2, -0.15) is 0 Å². The zero-order valence-electron chi connectivity index (χ0n) is 7.55. The van der Waals surface area contributed by atoms with Gasteiger partial charge in [0, 0.05) is 31.8 Å². The SMILES string of the molecule is O=C(O)N1CCC2(CC1)CNCN2. The molecule has 0 aromatic carbocycles. The largest absolute Gasteiger partial charge is 0.465 e. The fourth-order valence-electron chi connectivity index (χ4n) is 2.09. The summed E-state index contributed by atoms with van der Waals surface area (Å²) in [5.74, 6) is 0. The fraction of sp³-hybridized carbons (Fsp3) is 0.875. The van der Waals surface area contributed by atoms with Crippen molar-refractivity contribution in [2.24, 2.45) is 0 Å². The van der Waals surface area contributed by atoms with E-state index in [4.69, 9.17) is 5.11 Å². The second kappa shape index (κ2) is 3.16. The standard InChI is InChI=1S/C8H15N3O2/c12-7(13)11-3-1-8(2-4-11)5-9-6-10-8/h9-10H,1-6H2,(H,12,13). The van der Waals surface area contributed by atoms with Gasteiger partial charge in [-0.05, 0) is 12.8 Å². The third-order valence-electron chi connectivity index (χ3n) is 3.04. The minimum absolute atomic E-state index is 0.173. The maximum absolute atomic E-state index is 10.6. The van der Waals surface area contributed by atoms with Crippen molar-refractivity contribution in [2.75, 3.05) is 26.3 Å². The average Bonchev–Trinajstić information content (AvgIpc) is 2.54. The Labute approximate surface area is 77.1 Å². The van der Waals surface area contributed by atoms with Crippen molar-refractivity contribution in [3.8, 4) is 0 Å². The molecule has 0 aromatic heterocycles. The van der Waals surface area contributed by atoms with Crippen molar-refractivity contribution >= 4 is 6.09 Å². The van der Waals surface area contributed by atoms with Crippen molar-refractivity contribution in [1.29, 1.82) is 0 Å². The van der Waals surface area contributed by atoms with Crippen LogP contribution in [0.2, 0.25) is 0 Å². The molecule has 2 fully saturated rings. The Morgan fingerprint density at radius 3 is 2.54 bits per heavy atom. The maximum atomic E-state index is 10.6. The van der Waals surface area contributed by atoms with Crippen LogP contribution >= 0.6 is 0 Å². The average molecular weight is 185 g/mol. The quantitative estimate of drug-likeness (QED) is 0.482. The number of nitrogens with zero attached hydrogens (tertiary/aromatic N) is 1. The van der Waals surface area contributed by atoms with E-state index < -0.39 is 6.09 Å². The molecule has 0 aromatic rings. The lowest BCUT2D eigenvalue weighted by Gasteiger charge is -2.37. The zero-order valence-corrected chi connectivity index (χ0v) is 7.55. The van der Waals surface area contributed by atoms with E-state index in [1.165, 1.54) is 4.90 Å². The molecule has 2 saturated heterocycles. The third kappa shape index (κ3) is 1.62. The molecule has 5 heteroatoms. The molecular formula is C8H15N3O2. The molecule has 0 aliphatic carbocycles. The fourth-order valence-corrected chi connectivity index (χ4v) is 2.09. The first-order valence-electron chi connectivity index (χ1n) is 4.66. The summed E-state index contributed by atoms with van der Waals surface area (Å²) < 4.78 is 0. The van der Waals surface area contributed by atoms with Gasteiger partial charge in [-0.1, -0.05) is 0 Å². The molecule has 13 heavy (non-hydrogen) atoms. The summed E-state index contributed by atoms with van der Waals surface area (Å²) in [5, 5.41) is 15.4. The van der Waals surface area contributed by atoms with Crippen molar-refractivity contribution in [1.82, 2.24) is 15.5 Å². The molecule has 0 saturated carbocycles. The highest BCUT2D eigenvalue weighted by Crippen LogP contribution is 2.23. The minimum Gasteiger partial charge on any atom is -0.465 e. The van der Waals surface area contributed by atoms with Crippen LogP contribution in [0.5, 0.6) is 0 Å². The van der Waals surface area contributed by atoms with Crippen LogP contribution in [0, 0.1) is 0 Å². The summed E-state index contributed by atoms with van der Waals surface area (Å²) >= 11 is 0. The van der Waals surface area contributed by atoms with E-state index in [1.807, 2.05) is 0 Å². The highest BCUT2D eigenvalue weighted by molar-refractivity contribution is 5.65. The van der Waals surface area contributed by atoms with Gasteiger partial charge in [-0.3, -0.25) is 5.32 Å². The second-order valence-electron chi connectivity index (χ2n) is 3.83. The van der Waals surface area contributed by atoms with Gasteiger partial charge in [0.2, 0.25) is 0 Å². The predicted octanol–water partition coefficient (Wildman–Crippen LogP) is -0.351. The first-order chi connectivity index (χ1) is 6.22. The van der Waals surface area contributed by atoms with E-state index in [9.17, 15) is 4.79 Å². The Hall–Kier alpha value is -0.810. The molecule has 3 N–H and O–H groups in total. The predicted molar refractivity (Wildman–Crippen MR) is 47.6 cm³/mol. The Bertz CT molecular complexity index is 203. The highest BCUT2D eigenvalue weighted by Gasteiger charge is 2.37. The normalized spacial score (nSPS) is 26.6. The molecule has 1 amide bonds. The summed E-state index contributed by atoms with van der Waals surface area (Å²) in [6.07, 6.45) is 1.05. The Morgan fingerprint density at radius 1 is 1.38 bits per heavy atom. The number of nitrogens with one attached hydrogen (secondary N) is 2. The number of hydrogen-bond donors (Lipinski definition) is 3. The first-order valence-corrected chi connectivity index (χ1v) is 4.66. The van der Waals surface area contributed by atoms with E-state index in [1.54, 1.807) is 0 Å². The van der Waals surface area contributed by atoms with E-state index in [2.05, 4.69) is 10.6 Å². The van der Waals surface area contributed by atoms with E-state index in [0.717, 1.165) is 26.1 Å². The zero-order chi connectivity index (χ0) is 9.31. The number of rotatable bonds is 0. The lowest BCUT2D eigenvalue weighted by atomic mass is 9.89. The Kier molecular flexibility index (Phi) is 2.13. The highest BCUT2D eigenvalue weighted by atomic mass is 16.4. The van der Waals surface area contributed by atoms with Crippen LogP contribution < -0.4 is 10.6 Å². The topological polar surface area (TPSA) is 64.6 Å². The van der Waals surface area contributed by atoms with E-state index >= 15 is 0 Å². The van der Waals surface area contributed by atoms with Gasteiger partial charge < -0.3 is 15.3 Å². The third-order valence-corrected chi connectivity index (χ3v) is 3.04. The van der Waals surface area contributed by atoms with Gasteiger partial charge in [0.1, 0.15) is 0 Å². The molecule has 2 rings (SSSR count). The molecule has 2 heterocycles. The molecule has 0 atom stereocenters. The number of piperidine rings is 1. The van der Waals surface area contributed by atoms with Crippen LogP contribution in [0.3, 0.4) is 0 Å². The van der Waals surface area contributed by atoms with Gasteiger partial charge >= 0.3 is 6.09 Å². The lowest BCUT2D eigenvalue weighted by molar-refractivity contribution is 0.115. The van der Waals surface area contributed by atoms with E-state index in [-0.39, 0.29) is 5.54 Å². The first kappa shape index (κ1) is 8.77. The number of amides is 1. The van der Waals surface area contributed by atoms with Gasteiger partial charge in [-0.15, -0.1) is 0 Å². The number of carbonyl (C=O) groups is 1. The molecule has 5 nitrogen and oxygen atoms in total. The van der Waals surface area contributed by atoms with Crippen molar-refractivity contribution in [3.63, 3.8) is 0 Å². The van der Waals surface area contributed by atoms with Crippen LogP contribution in [-0.2, 0) is 0 Å². The summed E-state index contributed by atoms with van der Waals surface area (Å²) in [6.45, 7) is 3.14. The molecule has 1 spiro atoms. The van der Waals surface area contributed by atoms with Gasteiger partial charge in [-0.25, -0.2) is 4.79 Å². The van der Waals surface area contributed by atoms with Gasteiger partial charge in [0.25, 0.3) is 0 Å². The summed E-state index contributed by atoms with van der Waals surface area (Å²) in [4.78, 5) is 12.1. The summed E-state index contributed by atoms with van der Waals surface area (Å²) in [7, 11) is 0. The number of likely N-dealkylation sites (tertiary alicyclic amines) is 1. The molecule has 0 radical (unpaired) electrons. The molecule has 74 valence electrons. The van der Waals surface area contributed by atoms with Gasteiger partial charge in [0.05, 0.1) is 0 Å². The molecule has 2 aliphatic rings.